The number of ketones is 1. The van der Waals surface area contributed by atoms with Crippen LogP contribution in [0, 0.1) is 21.1 Å². The van der Waals surface area contributed by atoms with Crippen LogP contribution in [-0.4, -0.2) is 42.0 Å². The second-order valence-corrected chi connectivity index (χ2v) is 7.57. The summed E-state index contributed by atoms with van der Waals surface area (Å²) in [5.74, 6) is 0.442. The van der Waals surface area contributed by atoms with Gasteiger partial charge in [0.05, 0.1) is 19.9 Å². The van der Waals surface area contributed by atoms with Gasteiger partial charge in [0.15, 0.2) is 5.78 Å². The SMILES string of the molecule is CN1CC2(C)CSC(O[Cl+3]([O-])([O-])[O-])C(C)(C1)C2=O. The molecule has 6 nitrogen and oxygen atoms in total. The molecule has 2 rings (SSSR count). The predicted molar refractivity (Wildman–Crippen MR) is 56.0 cm³/mol. The molecule has 2 aliphatic rings. The van der Waals surface area contributed by atoms with E-state index in [-0.39, 0.29) is 5.78 Å². The molecule has 0 aromatic carbocycles. The van der Waals surface area contributed by atoms with Crippen molar-refractivity contribution in [3.05, 3.63) is 0 Å². The smallest absolute Gasteiger partial charge is 0.272 e. The van der Waals surface area contributed by atoms with Crippen molar-refractivity contribution >= 4 is 17.5 Å². The number of thioether (sulfide) groups is 1. The van der Waals surface area contributed by atoms with Crippen LogP contribution in [-0.2, 0) is 9.08 Å². The zero-order valence-corrected chi connectivity index (χ0v) is 12.0. The largest absolute Gasteiger partial charge is 0.304 e. The van der Waals surface area contributed by atoms with Gasteiger partial charge in [-0.3, -0.25) is 4.79 Å². The molecule has 2 aliphatic heterocycles. The highest BCUT2D eigenvalue weighted by Crippen LogP contribution is 2.50. The Morgan fingerprint density at radius 3 is 2.56 bits per heavy atom. The average Bonchev–Trinajstić information content (AvgIpc) is 2.17. The maximum Gasteiger partial charge on any atom is 0.272 e. The Bertz CT molecular complexity index is 376. The Kier molecular flexibility index (Phi) is 3.47. The first-order chi connectivity index (χ1) is 8.07. The van der Waals surface area contributed by atoms with E-state index in [1.807, 2.05) is 18.9 Å². The fraction of sp³-hybridized carbons (Fsp3) is 0.900. The second-order valence-electron chi connectivity index (χ2n) is 5.59. The van der Waals surface area contributed by atoms with E-state index < -0.39 is 26.5 Å². The maximum atomic E-state index is 12.5. The molecule has 0 spiro atoms. The van der Waals surface area contributed by atoms with Gasteiger partial charge < -0.3 is 4.90 Å². The molecule has 8 heteroatoms. The van der Waals surface area contributed by atoms with Crippen molar-refractivity contribution < 1.29 is 33.3 Å². The molecule has 0 saturated carbocycles. The predicted octanol–water partition coefficient (Wildman–Crippen LogP) is -2.50. The number of Topliss-reactive ketones (excluding diaryl/α,β-unsaturated/α-hetero) is 1. The van der Waals surface area contributed by atoms with E-state index in [9.17, 15) is 18.8 Å². The average molecular weight is 298 g/mol. The van der Waals surface area contributed by atoms with Crippen molar-refractivity contribution in [2.75, 3.05) is 25.9 Å². The Hall–Kier alpha value is 0.110. The first kappa shape index (κ1) is 14.5. The summed E-state index contributed by atoms with van der Waals surface area (Å²) in [5.41, 5.74) is -2.41. The summed E-state index contributed by atoms with van der Waals surface area (Å²) in [6, 6.07) is 0. The number of hydrogen-bond acceptors (Lipinski definition) is 7. The van der Waals surface area contributed by atoms with Gasteiger partial charge in [-0.1, -0.05) is 6.92 Å². The third-order valence-corrected chi connectivity index (χ3v) is 5.77. The first-order valence-electron chi connectivity index (χ1n) is 5.51. The Labute approximate surface area is 112 Å². The van der Waals surface area contributed by atoms with Crippen molar-refractivity contribution in [2.24, 2.45) is 10.8 Å². The van der Waals surface area contributed by atoms with Crippen molar-refractivity contribution in [3.8, 4) is 0 Å². The van der Waals surface area contributed by atoms with E-state index >= 15 is 0 Å². The van der Waals surface area contributed by atoms with E-state index in [1.165, 1.54) is 11.8 Å². The van der Waals surface area contributed by atoms with E-state index in [0.29, 0.717) is 18.8 Å². The highest BCUT2D eigenvalue weighted by Gasteiger charge is 2.62. The van der Waals surface area contributed by atoms with Gasteiger partial charge in [-0.15, -0.1) is 11.8 Å². The third-order valence-electron chi connectivity index (χ3n) is 3.55. The minimum Gasteiger partial charge on any atom is -0.304 e. The molecule has 0 amide bonds. The van der Waals surface area contributed by atoms with Gasteiger partial charge in [-0.25, -0.2) is 0 Å². The minimum atomic E-state index is -4.52. The summed E-state index contributed by atoms with van der Waals surface area (Å²) in [4.78, 5) is 14.5. The van der Waals surface area contributed by atoms with Crippen LogP contribution >= 0.6 is 11.8 Å². The van der Waals surface area contributed by atoms with Crippen LogP contribution < -0.4 is 14.0 Å². The molecule has 2 bridgehead atoms. The van der Waals surface area contributed by atoms with Crippen LogP contribution in [0.3, 0.4) is 0 Å². The standard InChI is InChI=1S/C10H16ClNO5S/c1-9-4-12(3)5-10(2,7(9)13)8(18-6-9)17-11(14,15)16/h8H,4-6H2,1-3H3. The van der Waals surface area contributed by atoms with Crippen molar-refractivity contribution in [1.82, 2.24) is 4.90 Å². The molecule has 0 aliphatic carbocycles. The lowest BCUT2D eigenvalue weighted by Crippen LogP contribution is -2.69. The lowest BCUT2D eigenvalue weighted by atomic mass is 9.68. The monoisotopic (exact) mass is 297 g/mol. The molecule has 0 aromatic rings. The zero-order valence-electron chi connectivity index (χ0n) is 10.5. The summed E-state index contributed by atoms with van der Waals surface area (Å²) in [7, 11) is -2.64. The number of carbonyl (C=O) groups is 1. The van der Waals surface area contributed by atoms with Gasteiger partial charge in [0.2, 0.25) is 0 Å². The number of fused-ring (bicyclic) bond motifs is 2. The number of likely N-dealkylation sites (tertiary alicyclic amines) is 1. The number of nitrogens with zero attached hydrogens (tertiary/aromatic N) is 1. The molecule has 18 heavy (non-hydrogen) atoms. The Balaban J connectivity index is 2.29. The number of carbonyl (C=O) groups excluding carboxylic acids is 1. The lowest BCUT2D eigenvalue weighted by molar-refractivity contribution is -1.92. The molecule has 2 heterocycles. The third kappa shape index (κ3) is 2.40. The minimum absolute atomic E-state index is 0.0179. The van der Waals surface area contributed by atoms with E-state index in [1.54, 1.807) is 6.92 Å². The van der Waals surface area contributed by atoms with Crippen LogP contribution in [0.25, 0.3) is 0 Å². The van der Waals surface area contributed by atoms with Crippen molar-refractivity contribution in [1.29, 1.82) is 0 Å². The Morgan fingerprint density at radius 2 is 2.00 bits per heavy atom. The van der Waals surface area contributed by atoms with E-state index in [0.717, 1.165) is 0 Å². The molecule has 104 valence electrons. The summed E-state index contributed by atoms with van der Waals surface area (Å²) < 4.78 is 36.7. The highest BCUT2D eigenvalue weighted by molar-refractivity contribution is 8.00. The van der Waals surface area contributed by atoms with Gasteiger partial charge in [0.25, 0.3) is 5.44 Å². The number of piperidine rings is 1. The zero-order chi connectivity index (χ0) is 13.8. The summed E-state index contributed by atoms with van der Waals surface area (Å²) in [6.45, 7) is 4.57. The molecule has 0 radical (unpaired) electrons. The van der Waals surface area contributed by atoms with Gasteiger partial charge in [0.1, 0.15) is 0 Å². The second kappa shape index (κ2) is 4.31. The van der Waals surface area contributed by atoms with Crippen LogP contribution in [0.15, 0.2) is 0 Å². The quantitative estimate of drug-likeness (QED) is 0.555. The van der Waals surface area contributed by atoms with E-state index in [2.05, 4.69) is 4.29 Å². The fourth-order valence-corrected chi connectivity index (χ4v) is 5.16. The molecule has 3 atom stereocenters. The molecule has 0 N–H and O–H groups in total. The Morgan fingerprint density at radius 1 is 1.39 bits per heavy atom. The van der Waals surface area contributed by atoms with Crippen LogP contribution in [0.1, 0.15) is 13.8 Å². The molecule has 0 aromatic heterocycles. The van der Waals surface area contributed by atoms with Gasteiger partial charge in [-0.2, -0.15) is 14.0 Å². The number of hydrogen-bond donors (Lipinski definition) is 0. The van der Waals surface area contributed by atoms with Gasteiger partial charge in [-0.05, 0) is 14.0 Å². The first-order valence-corrected chi connectivity index (χ1v) is 7.79. The highest BCUT2D eigenvalue weighted by atomic mass is 35.7. The van der Waals surface area contributed by atoms with Gasteiger partial charge in [0, 0.05) is 24.3 Å². The summed E-state index contributed by atoms with van der Waals surface area (Å²) >= 11 is 1.23. The normalized spacial score (nSPS) is 42.1. The molecular weight excluding hydrogens is 282 g/mol. The topological polar surface area (TPSA) is 98.7 Å². The lowest BCUT2D eigenvalue weighted by Gasteiger charge is -2.51. The van der Waals surface area contributed by atoms with Crippen molar-refractivity contribution in [2.45, 2.75) is 19.3 Å². The molecule has 3 unspecified atom stereocenters. The molecular formula is C10H16ClNO5S. The molecule has 2 fully saturated rings. The van der Waals surface area contributed by atoms with Crippen LogP contribution in [0.2, 0.25) is 0 Å². The number of halogens is 1. The maximum absolute atomic E-state index is 12.5. The fourth-order valence-electron chi connectivity index (χ4n) is 3.00. The van der Waals surface area contributed by atoms with Crippen LogP contribution in [0.4, 0.5) is 0 Å². The van der Waals surface area contributed by atoms with Crippen molar-refractivity contribution in [3.63, 3.8) is 0 Å². The summed E-state index contributed by atoms with van der Waals surface area (Å²) in [6.07, 6.45) is 0. The number of rotatable bonds is 2. The van der Waals surface area contributed by atoms with Crippen LogP contribution in [0.5, 0.6) is 0 Å². The molecule has 2 saturated heterocycles. The summed E-state index contributed by atoms with van der Waals surface area (Å²) in [5, 5.41) is 0. The van der Waals surface area contributed by atoms with E-state index in [4.69, 9.17) is 0 Å². The van der Waals surface area contributed by atoms with Gasteiger partial charge >= 0.3 is 0 Å².